The van der Waals surface area contributed by atoms with Gasteiger partial charge in [0.25, 0.3) is 0 Å². The fourth-order valence-electron chi connectivity index (χ4n) is 5.40. The zero-order valence-electron chi connectivity index (χ0n) is 15.4. The largest absolute Gasteiger partial charge is 0.373 e. The van der Waals surface area contributed by atoms with Crippen LogP contribution < -0.4 is 10.6 Å². The van der Waals surface area contributed by atoms with E-state index < -0.39 is 0 Å². The number of nitrogens with one attached hydrogen (secondary N) is 2. The Morgan fingerprint density at radius 3 is 3.04 bits per heavy atom. The van der Waals surface area contributed by atoms with Crippen molar-refractivity contribution in [3.05, 3.63) is 42.0 Å². The van der Waals surface area contributed by atoms with E-state index in [2.05, 4.69) is 57.8 Å². The average molecular weight is 352 g/mol. The van der Waals surface area contributed by atoms with Gasteiger partial charge in [0.1, 0.15) is 6.04 Å². The molecule has 1 amide bonds. The molecule has 1 aromatic rings. The van der Waals surface area contributed by atoms with E-state index in [0.29, 0.717) is 17.9 Å². The summed E-state index contributed by atoms with van der Waals surface area (Å²) in [4.78, 5) is 18.1. The van der Waals surface area contributed by atoms with Crippen LogP contribution in [0.4, 0.5) is 5.69 Å². The van der Waals surface area contributed by atoms with Crippen LogP contribution in [0, 0.1) is 5.92 Å². The number of fused-ring (bicyclic) bond motifs is 4. The molecule has 5 atom stereocenters. The van der Waals surface area contributed by atoms with Gasteiger partial charge in [0.2, 0.25) is 5.91 Å². The Balaban J connectivity index is 1.29. The maximum absolute atomic E-state index is 13.1. The van der Waals surface area contributed by atoms with Gasteiger partial charge in [-0.15, -0.1) is 0 Å². The summed E-state index contributed by atoms with van der Waals surface area (Å²) in [6, 6.07) is 9.18. The van der Waals surface area contributed by atoms with Gasteiger partial charge in [-0.1, -0.05) is 30.4 Å². The first kappa shape index (κ1) is 16.3. The van der Waals surface area contributed by atoms with Crippen molar-refractivity contribution < 1.29 is 4.79 Å². The third-order valence-corrected chi connectivity index (χ3v) is 6.72. The first-order valence-electron chi connectivity index (χ1n) is 9.94. The smallest absolute Gasteiger partial charge is 0.243 e. The molecule has 26 heavy (non-hydrogen) atoms. The molecule has 0 spiro atoms. The van der Waals surface area contributed by atoms with E-state index in [1.807, 2.05) is 6.07 Å². The molecule has 1 aromatic carbocycles. The van der Waals surface area contributed by atoms with Crippen molar-refractivity contribution >= 4 is 11.6 Å². The minimum absolute atomic E-state index is 0.134. The van der Waals surface area contributed by atoms with Crippen LogP contribution in [0.2, 0.25) is 0 Å². The number of para-hydroxylation sites is 1. The van der Waals surface area contributed by atoms with Gasteiger partial charge in [-0.05, 0) is 31.5 Å². The Hall–Kier alpha value is -1.85. The number of carbonyl (C=O) groups is 1. The Labute approximate surface area is 155 Å². The van der Waals surface area contributed by atoms with Crippen molar-refractivity contribution in [1.82, 2.24) is 15.1 Å². The highest BCUT2D eigenvalue weighted by molar-refractivity contribution is 5.87. The first-order valence-corrected chi connectivity index (χ1v) is 9.94. The van der Waals surface area contributed by atoms with Crippen molar-refractivity contribution in [2.45, 2.75) is 36.9 Å². The number of anilines is 1. The highest BCUT2D eigenvalue weighted by Crippen LogP contribution is 2.44. The van der Waals surface area contributed by atoms with Gasteiger partial charge in [0.15, 0.2) is 0 Å². The van der Waals surface area contributed by atoms with E-state index in [-0.39, 0.29) is 18.0 Å². The van der Waals surface area contributed by atoms with E-state index in [1.54, 1.807) is 0 Å². The lowest BCUT2D eigenvalue weighted by Crippen LogP contribution is -2.51. The Bertz CT molecular complexity index is 732. The molecule has 0 bridgehead atoms. The van der Waals surface area contributed by atoms with E-state index in [9.17, 15) is 4.79 Å². The van der Waals surface area contributed by atoms with Gasteiger partial charge in [0.05, 0.1) is 0 Å². The van der Waals surface area contributed by atoms with Gasteiger partial charge >= 0.3 is 0 Å². The number of carbonyl (C=O) groups excluding carboxylic acids is 1. The summed E-state index contributed by atoms with van der Waals surface area (Å²) >= 11 is 0. The highest BCUT2D eigenvalue weighted by Gasteiger charge is 2.42. The second kappa shape index (κ2) is 6.39. The summed E-state index contributed by atoms with van der Waals surface area (Å²) in [5.41, 5.74) is 2.45. The van der Waals surface area contributed by atoms with Crippen LogP contribution in [0.3, 0.4) is 0 Å². The molecule has 2 fully saturated rings. The highest BCUT2D eigenvalue weighted by atomic mass is 16.2. The van der Waals surface area contributed by atoms with Crippen LogP contribution in [-0.4, -0.2) is 67.1 Å². The van der Waals surface area contributed by atoms with E-state index in [1.165, 1.54) is 5.56 Å². The SMILES string of the molecule is CN1CCN2C[C@@H](NC(=O)[C@@H]3Nc4ccccc4[C@@H]4C=CC[C@H]34)C[C@H]2C1. The maximum atomic E-state index is 13.1. The van der Waals surface area contributed by atoms with E-state index >= 15 is 0 Å². The number of piperazine rings is 1. The summed E-state index contributed by atoms with van der Waals surface area (Å²) in [5, 5.41) is 6.91. The Morgan fingerprint density at radius 1 is 1.23 bits per heavy atom. The van der Waals surface area contributed by atoms with E-state index in [0.717, 1.165) is 44.7 Å². The van der Waals surface area contributed by atoms with Gasteiger partial charge in [-0.25, -0.2) is 0 Å². The molecule has 3 heterocycles. The first-order chi connectivity index (χ1) is 12.7. The van der Waals surface area contributed by atoms with Crippen molar-refractivity contribution in [2.75, 3.05) is 38.5 Å². The molecule has 1 aliphatic carbocycles. The number of nitrogens with zero attached hydrogens (tertiary/aromatic N) is 2. The summed E-state index contributed by atoms with van der Waals surface area (Å²) in [6.45, 7) is 4.38. The number of amides is 1. The summed E-state index contributed by atoms with van der Waals surface area (Å²) < 4.78 is 0. The molecule has 0 unspecified atom stereocenters. The maximum Gasteiger partial charge on any atom is 0.243 e. The quantitative estimate of drug-likeness (QED) is 0.795. The molecule has 0 aromatic heterocycles. The monoisotopic (exact) mass is 352 g/mol. The molecular formula is C21H28N4O. The second-order valence-corrected chi connectivity index (χ2v) is 8.41. The topological polar surface area (TPSA) is 47.6 Å². The van der Waals surface area contributed by atoms with Crippen molar-refractivity contribution in [2.24, 2.45) is 5.92 Å². The lowest BCUT2D eigenvalue weighted by atomic mass is 9.79. The fraction of sp³-hybridized carbons (Fsp3) is 0.571. The predicted octanol–water partition coefficient (Wildman–Crippen LogP) is 1.64. The Kier molecular flexibility index (Phi) is 4.02. The standard InChI is InChI=1S/C21H28N4O/c1-24-9-10-25-12-14(11-15(25)13-24)22-21(26)20-18-7-4-6-16(18)17-5-2-3-8-19(17)23-20/h2-6,8,14-16,18,20,23H,7,9-13H2,1H3,(H,22,26)/t14-,15-,16-,18-,20+/m0/s1. The predicted molar refractivity (Wildman–Crippen MR) is 103 cm³/mol. The molecule has 0 saturated carbocycles. The van der Waals surface area contributed by atoms with Gasteiger partial charge < -0.3 is 15.5 Å². The van der Waals surface area contributed by atoms with Crippen molar-refractivity contribution in [1.29, 1.82) is 0 Å². The van der Waals surface area contributed by atoms with Crippen LogP contribution in [0.15, 0.2) is 36.4 Å². The Morgan fingerprint density at radius 2 is 2.12 bits per heavy atom. The van der Waals surface area contributed by atoms with Gasteiger partial charge in [0, 0.05) is 55.8 Å². The van der Waals surface area contributed by atoms with Crippen LogP contribution >= 0.6 is 0 Å². The molecule has 3 aliphatic heterocycles. The molecule has 5 nitrogen and oxygen atoms in total. The number of allylic oxidation sites excluding steroid dienone is 2. The number of benzene rings is 1. The second-order valence-electron chi connectivity index (χ2n) is 8.41. The number of hydrogen-bond donors (Lipinski definition) is 2. The van der Waals surface area contributed by atoms with E-state index in [4.69, 9.17) is 0 Å². The molecule has 5 rings (SSSR count). The van der Waals surface area contributed by atoms with Crippen LogP contribution in [0.1, 0.15) is 24.3 Å². The minimum Gasteiger partial charge on any atom is -0.373 e. The van der Waals surface area contributed by atoms with Gasteiger partial charge in [-0.2, -0.15) is 0 Å². The van der Waals surface area contributed by atoms with Gasteiger partial charge in [-0.3, -0.25) is 9.69 Å². The minimum atomic E-state index is -0.134. The number of hydrogen-bond acceptors (Lipinski definition) is 4. The van der Waals surface area contributed by atoms with Crippen molar-refractivity contribution in [3.63, 3.8) is 0 Å². The molecule has 138 valence electrons. The third-order valence-electron chi connectivity index (χ3n) is 6.72. The fourth-order valence-corrected chi connectivity index (χ4v) is 5.40. The number of likely N-dealkylation sites (N-methyl/N-ethyl adjacent to an activating group) is 1. The molecular weight excluding hydrogens is 324 g/mol. The molecule has 5 heteroatoms. The third kappa shape index (κ3) is 2.74. The lowest BCUT2D eigenvalue weighted by molar-refractivity contribution is -0.123. The molecule has 4 aliphatic rings. The average Bonchev–Trinajstić information content (AvgIpc) is 3.27. The zero-order valence-corrected chi connectivity index (χ0v) is 15.4. The number of rotatable bonds is 2. The van der Waals surface area contributed by atoms with Crippen LogP contribution in [0.5, 0.6) is 0 Å². The normalized spacial score (nSPS) is 36.1. The lowest BCUT2D eigenvalue weighted by Gasteiger charge is -2.36. The van der Waals surface area contributed by atoms with Crippen LogP contribution in [0.25, 0.3) is 0 Å². The molecule has 2 saturated heterocycles. The van der Waals surface area contributed by atoms with Crippen LogP contribution in [-0.2, 0) is 4.79 Å². The molecule has 2 N–H and O–H groups in total. The molecule has 0 radical (unpaired) electrons. The summed E-state index contributed by atoms with van der Waals surface area (Å²) in [6.07, 6.45) is 6.58. The zero-order chi connectivity index (χ0) is 17.7. The summed E-state index contributed by atoms with van der Waals surface area (Å²) in [5.74, 6) is 0.878. The summed E-state index contributed by atoms with van der Waals surface area (Å²) in [7, 11) is 2.19. The van der Waals surface area contributed by atoms with Crippen molar-refractivity contribution in [3.8, 4) is 0 Å².